The molecule has 0 aliphatic carbocycles. The Hall–Kier alpha value is -1.89. The van der Waals surface area contributed by atoms with Crippen LogP contribution in [0.25, 0.3) is 0 Å². The molecule has 2 N–H and O–H groups in total. The Morgan fingerprint density at radius 3 is 2.74 bits per heavy atom. The van der Waals surface area contributed by atoms with Crippen LogP contribution in [0.15, 0.2) is 17.4 Å². The van der Waals surface area contributed by atoms with Crippen molar-refractivity contribution >= 4 is 17.3 Å². The Labute approximate surface area is 142 Å². The Bertz CT molecular complexity index is 623. The second-order valence-electron chi connectivity index (χ2n) is 5.47. The number of rotatable bonds is 7. The predicted octanol–water partition coefficient (Wildman–Crippen LogP) is 2.06. The quantitative estimate of drug-likeness (QED) is 0.601. The standard InChI is InChI=1S/C16H26N6S/c1-5-17-16(19-8-9-22-11-12(2)10-20-22)18-7-6-15-21-13(3)14(4)23-15/h10-11H,5-9H2,1-4H3,(H2,17,18,19). The van der Waals surface area contributed by atoms with Crippen molar-refractivity contribution in [3.63, 3.8) is 0 Å². The van der Waals surface area contributed by atoms with Crippen LogP contribution in [0, 0.1) is 20.8 Å². The zero-order valence-corrected chi connectivity index (χ0v) is 15.2. The number of aromatic nitrogens is 3. The van der Waals surface area contributed by atoms with Crippen molar-refractivity contribution in [3.05, 3.63) is 33.5 Å². The summed E-state index contributed by atoms with van der Waals surface area (Å²) in [6.07, 6.45) is 4.80. The topological polar surface area (TPSA) is 67.1 Å². The number of nitrogens with zero attached hydrogens (tertiary/aromatic N) is 4. The number of nitrogens with one attached hydrogen (secondary N) is 2. The summed E-state index contributed by atoms with van der Waals surface area (Å²) >= 11 is 1.76. The molecule has 0 radical (unpaired) electrons. The molecule has 0 atom stereocenters. The number of aryl methyl sites for hydroxylation is 3. The summed E-state index contributed by atoms with van der Waals surface area (Å²) in [6.45, 7) is 11.5. The molecule has 0 aromatic carbocycles. The minimum absolute atomic E-state index is 0.739. The molecule has 0 unspecified atom stereocenters. The van der Waals surface area contributed by atoms with Gasteiger partial charge >= 0.3 is 0 Å². The van der Waals surface area contributed by atoms with Crippen LogP contribution in [0.2, 0.25) is 0 Å². The fourth-order valence-electron chi connectivity index (χ4n) is 2.13. The summed E-state index contributed by atoms with van der Waals surface area (Å²) < 4.78 is 1.94. The van der Waals surface area contributed by atoms with Crippen LogP contribution >= 0.6 is 11.3 Å². The van der Waals surface area contributed by atoms with Gasteiger partial charge in [0.1, 0.15) is 0 Å². The van der Waals surface area contributed by atoms with E-state index in [1.54, 1.807) is 11.3 Å². The molecule has 6 nitrogen and oxygen atoms in total. The molecule has 0 spiro atoms. The van der Waals surface area contributed by atoms with Gasteiger partial charge in [-0.25, -0.2) is 4.98 Å². The Morgan fingerprint density at radius 2 is 2.13 bits per heavy atom. The summed E-state index contributed by atoms with van der Waals surface area (Å²) in [6, 6.07) is 0. The van der Waals surface area contributed by atoms with Gasteiger partial charge in [-0.15, -0.1) is 11.3 Å². The molecule has 0 bridgehead atoms. The van der Waals surface area contributed by atoms with Crippen LogP contribution in [-0.4, -0.2) is 40.4 Å². The Balaban J connectivity index is 1.79. The lowest BCUT2D eigenvalue weighted by molar-refractivity contribution is 0.597. The molecular formula is C16H26N6S. The van der Waals surface area contributed by atoms with Crippen LogP contribution in [0.5, 0.6) is 0 Å². The maximum atomic E-state index is 4.62. The zero-order chi connectivity index (χ0) is 16.7. The highest BCUT2D eigenvalue weighted by atomic mass is 32.1. The van der Waals surface area contributed by atoms with E-state index >= 15 is 0 Å². The van der Waals surface area contributed by atoms with Gasteiger partial charge in [0.05, 0.1) is 23.4 Å². The first-order chi connectivity index (χ1) is 11.1. The van der Waals surface area contributed by atoms with E-state index < -0.39 is 0 Å². The van der Waals surface area contributed by atoms with Gasteiger partial charge in [0, 0.05) is 37.1 Å². The van der Waals surface area contributed by atoms with Gasteiger partial charge in [-0.3, -0.25) is 9.67 Å². The zero-order valence-electron chi connectivity index (χ0n) is 14.4. The van der Waals surface area contributed by atoms with Crippen LogP contribution in [0.3, 0.4) is 0 Å². The predicted molar refractivity (Wildman–Crippen MR) is 96.2 cm³/mol. The smallest absolute Gasteiger partial charge is 0.191 e. The molecule has 0 amide bonds. The maximum absolute atomic E-state index is 4.62. The van der Waals surface area contributed by atoms with E-state index in [1.165, 1.54) is 10.4 Å². The SMILES string of the molecule is CCNC(=NCCc1nc(C)c(C)s1)NCCn1cc(C)cn1. The largest absolute Gasteiger partial charge is 0.357 e. The minimum Gasteiger partial charge on any atom is -0.357 e. The second-order valence-corrected chi connectivity index (χ2v) is 6.76. The van der Waals surface area contributed by atoms with Crippen LogP contribution in [0.1, 0.15) is 28.1 Å². The molecule has 0 aliphatic heterocycles. The van der Waals surface area contributed by atoms with E-state index in [-0.39, 0.29) is 0 Å². The fourth-order valence-corrected chi connectivity index (χ4v) is 3.05. The molecule has 2 aromatic heterocycles. The van der Waals surface area contributed by atoms with E-state index in [4.69, 9.17) is 0 Å². The summed E-state index contributed by atoms with van der Waals surface area (Å²) in [5.74, 6) is 0.848. The highest BCUT2D eigenvalue weighted by molar-refractivity contribution is 7.11. The van der Waals surface area contributed by atoms with E-state index in [0.717, 1.165) is 49.3 Å². The van der Waals surface area contributed by atoms with Gasteiger partial charge in [0.25, 0.3) is 0 Å². The normalized spacial score (nSPS) is 11.7. The van der Waals surface area contributed by atoms with Crippen LogP contribution in [0.4, 0.5) is 0 Å². The van der Waals surface area contributed by atoms with Crippen molar-refractivity contribution in [1.82, 2.24) is 25.4 Å². The lowest BCUT2D eigenvalue weighted by Gasteiger charge is -2.11. The average Bonchev–Trinajstić information content (AvgIpc) is 3.05. The first-order valence-electron chi connectivity index (χ1n) is 8.02. The molecule has 0 aliphatic rings. The van der Waals surface area contributed by atoms with Crippen molar-refractivity contribution in [2.24, 2.45) is 4.99 Å². The molecule has 126 valence electrons. The number of hydrogen-bond acceptors (Lipinski definition) is 4. The minimum atomic E-state index is 0.739. The van der Waals surface area contributed by atoms with E-state index in [2.05, 4.69) is 46.5 Å². The van der Waals surface area contributed by atoms with Gasteiger partial charge in [-0.05, 0) is 33.3 Å². The van der Waals surface area contributed by atoms with Crippen molar-refractivity contribution in [3.8, 4) is 0 Å². The highest BCUT2D eigenvalue weighted by Crippen LogP contribution is 2.16. The Morgan fingerprint density at radius 1 is 1.30 bits per heavy atom. The monoisotopic (exact) mass is 334 g/mol. The summed E-state index contributed by atoms with van der Waals surface area (Å²) in [5, 5.41) is 12.1. The average molecular weight is 334 g/mol. The van der Waals surface area contributed by atoms with E-state index in [9.17, 15) is 0 Å². The number of hydrogen-bond donors (Lipinski definition) is 2. The molecule has 0 saturated heterocycles. The molecule has 7 heteroatoms. The van der Waals surface area contributed by atoms with Gasteiger partial charge in [0.2, 0.25) is 0 Å². The third kappa shape index (κ3) is 5.67. The number of aliphatic imine (C=N–C) groups is 1. The second kappa shape index (κ2) is 8.67. The van der Waals surface area contributed by atoms with E-state index in [0.29, 0.717) is 0 Å². The third-order valence-corrected chi connectivity index (χ3v) is 4.54. The van der Waals surface area contributed by atoms with Gasteiger partial charge < -0.3 is 10.6 Å². The third-order valence-electron chi connectivity index (χ3n) is 3.41. The first kappa shape index (κ1) is 17.5. The van der Waals surface area contributed by atoms with E-state index in [1.807, 2.05) is 24.0 Å². The lowest BCUT2D eigenvalue weighted by atomic mass is 10.4. The fraction of sp³-hybridized carbons (Fsp3) is 0.562. The van der Waals surface area contributed by atoms with Crippen molar-refractivity contribution < 1.29 is 0 Å². The van der Waals surface area contributed by atoms with Crippen molar-refractivity contribution in [1.29, 1.82) is 0 Å². The van der Waals surface area contributed by atoms with Crippen molar-refractivity contribution in [2.45, 2.75) is 40.7 Å². The highest BCUT2D eigenvalue weighted by Gasteiger charge is 2.03. The lowest BCUT2D eigenvalue weighted by Crippen LogP contribution is -2.39. The van der Waals surface area contributed by atoms with Crippen LogP contribution in [-0.2, 0) is 13.0 Å². The molecule has 2 rings (SSSR count). The molecule has 2 heterocycles. The first-order valence-corrected chi connectivity index (χ1v) is 8.84. The Kier molecular flexibility index (Phi) is 6.58. The van der Waals surface area contributed by atoms with Gasteiger partial charge in [-0.2, -0.15) is 5.10 Å². The number of guanidine groups is 1. The summed E-state index contributed by atoms with van der Waals surface area (Å²) in [7, 11) is 0. The molecule has 0 fully saturated rings. The number of thiazole rings is 1. The van der Waals surface area contributed by atoms with Gasteiger partial charge in [0.15, 0.2) is 5.96 Å². The molecule has 23 heavy (non-hydrogen) atoms. The molecule has 0 saturated carbocycles. The van der Waals surface area contributed by atoms with Crippen molar-refractivity contribution in [2.75, 3.05) is 19.6 Å². The summed E-state index contributed by atoms with van der Waals surface area (Å²) in [4.78, 5) is 10.5. The van der Waals surface area contributed by atoms with Crippen LogP contribution < -0.4 is 10.6 Å². The summed E-state index contributed by atoms with van der Waals surface area (Å²) in [5.41, 5.74) is 2.31. The molecular weight excluding hydrogens is 308 g/mol. The van der Waals surface area contributed by atoms with Gasteiger partial charge in [-0.1, -0.05) is 0 Å². The molecule has 2 aromatic rings. The maximum Gasteiger partial charge on any atom is 0.191 e.